The van der Waals surface area contributed by atoms with E-state index in [1.54, 1.807) is 4.88 Å². The van der Waals surface area contributed by atoms with Gasteiger partial charge in [-0.2, -0.15) is 0 Å². The quantitative estimate of drug-likeness (QED) is 0.596. The zero-order valence-electron chi connectivity index (χ0n) is 15.5. The van der Waals surface area contributed by atoms with Crippen molar-refractivity contribution in [2.45, 2.75) is 71.8 Å². The summed E-state index contributed by atoms with van der Waals surface area (Å²) in [6, 6.07) is 6.82. The van der Waals surface area contributed by atoms with Crippen molar-refractivity contribution in [1.82, 2.24) is 14.5 Å². The third-order valence-corrected chi connectivity index (χ3v) is 6.65. The van der Waals surface area contributed by atoms with Crippen LogP contribution in [0.25, 0.3) is 11.2 Å². The molecule has 0 atom stereocenters. The van der Waals surface area contributed by atoms with Crippen LogP contribution in [0.1, 0.15) is 71.8 Å². The molecule has 0 radical (unpaired) electrons. The molecule has 1 aliphatic rings. The second-order valence-electron chi connectivity index (χ2n) is 7.36. The Labute approximate surface area is 154 Å². The molecule has 0 N–H and O–H groups in total. The average molecular weight is 354 g/mol. The Kier molecular flexibility index (Phi) is 4.63. The van der Waals surface area contributed by atoms with Gasteiger partial charge in [0.1, 0.15) is 11.3 Å². The Morgan fingerprint density at radius 1 is 1.12 bits per heavy atom. The summed E-state index contributed by atoms with van der Waals surface area (Å²) in [6.45, 7) is 7.29. The number of rotatable bonds is 4. The van der Waals surface area contributed by atoms with Gasteiger partial charge in [-0.3, -0.25) is 0 Å². The summed E-state index contributed by atoms with van der Waals surface area (Å²) >= 11 is 2.00. The molecule has 25 heavy (non-hydrogen) atoms. The average Bonchev–Trinajstić information content (AvgIpc) is 3.22. The van der Waals surface area contributed by atoms with Crippen LogP contribution in [0.5, 0.6) is 0 Å². The molecule has 0 spiro atoms. The van der Waals surface area contributed by atoms with Gasteiger partial charge in [0.05, 0.1) is 6.54 Å². The first kappa shape index (κ1) is 16.8. The SMILES string of the molecule is CCc1nc2c(C)cc(C)nc2n1Cc1ccc(C2CCCCC2)s1. The van der Waals surface area contributed by atoms with E-state index >= 15 is 0 Å². The summed E-state index contributed by atoms with van der Waals surface area (Å²) in [7, 11) is 0. The van der Waals surface area contributed by atoms with Crippen LogP contribution in [0.2, 0.25) is 0 Å². The number of nitrogens with zero attached hydrogens (tertiary/aromatic N) is 3. The molecule has 4 rings (SSSR count). The molecule has 3 aromatic rings. The Morgan fingerprint density at radius 2 is 1.92 bits per heavy atom. The summed E-state index contributed by atoms with van der Waals surface area (Å²) in [4.78, 5) is 12.7. The normalized spacial score (nSPS) is 16.0. The first-order valence-corrected chi connectivity index (χ1v) is 10.4. The van der Waals surface area contributed by atoms with E-state index in [1.807, 2.05) is 11.3 Å². The van der Waals surface area contributed by atoms with E-state index in [-0.39, 0.29) is 0 Å². The number of hydrogen-bond donors (Lipinski definition) is 0. The molecule has 1 aliphatic carbocycles. The lowest BCUT2D eigenvalue weighted by Gasteiger charge is -2.20. The van der Waals surface area contributed by atoms with Crippen LogP contribution in [0, 0.1) is 13.8 Å². The standard InChI is InChI=1S/C21H27N3S/c1-4-19-23-20-14(2)12-15(3)22-21(20)24(19)13-17-10-11-18(25-17)16-8-6-5-7-9-16/h10-12,16H,4-9,13H2,1-3H3. The zero-order valence-corrected chi connectivity index (χ0v) is 16.3. The van der Waals surface area contributed by atoms with Crippen molar-refractivity contribution < 1.29 is 0 Å². The topological polar surface area (TPSA) is 30.7 Å². The predicted octanol–water partition coefficient (Wildman–Crippen LogP) is 5.77. The van der Waals surface area contributed by atoms with Gasteiger partial charge < -0.3 is 4.57 Å². The van der Waals surface area contributed by atoms with E-state index in [1.165, 1.54) is 42.5 Å². The van der Waals surface area contributed by atoms with Crippen molar-refractivity contribution in [2.24, 2.45) is 0 Å². The maximum atomic E-state index is 4.87. The molecule has 3 nitrogen and oxygen atoms in total. The van der Waals surface area contributed by atoms with Gasteiger partial charge in [0.15, 0.2) is 5.65 Å². The van der Waals surface area contributed by atoms with Crippen LogP contribution in [0.15, 0.2) is 18.2 Å². The maximum Gasteiger partial charge on any atom is 0.160 e. The second kappa shape index (κ2) is 6.91. The molecule has 0 amide bonds. The van der Waals surface area contributed by atoms with Crippen molar-refractivity contribution in [1.29, 1.82) is 0 Å². The van der Waals surface area contributed by atoms with E-state index in [4.69, 9.17) is 9.97 Å². The van der Waals surface area contributed by atoms with Gasteiger partial charge in [-0.1, -0.05) is 26.2 Å². The number of aromatic nitrogens is 3. The Morgan fingerprint density at radius 3 is 2.68 bits per heavy atom. The summed E-state index contributed by atoms with van der Waals surface area (Å²) in [5.74, 6) is 1.93. The first-order chi connectivity index (χ1) is 12.2. The molecule has 3 heterocycles. The zero-order chi connectivity index (χ0) is 17.4. The lowest BCUT2D eigenvalue weighted by Crippen LogP contribution is -2.04. The molecule has 0 saturated heterocycles. The lowest BCUT2D eigenvalue weighted by molar-refractivity contribution is 0.448. The van der Waals surface area contributed by atoms with Crippen molar-refractivity contribution in [3.8, 4) is 0 Å². The third kappa shape index (κ3) is 3.24. The highest BCUT2D eigenvalue weighted by molar-refractivity contribution is 7.12. The minimum Gasteiger partial charge on any atom is -0.307 e. The molecule has 1 saturated carbocycles. The van der Waals surface area contributed by atoms with Crippen LogP contribution >= 0.6 is 11.3 Å². The highest BCUT2D eigenvalue weighted by Gasteiger charge is 2.18. The van der Waals surface area contributed by atoms with Gasteiger partial charge in [-0.15, -0.1) is 11.3 Å². The van der Waals surface area contributed by atoms with Crippen LogP contribution in [0.4, 0.5) is 0 Å². The van der Waals surface area contributed by atoms with E-state index in [0.717, 1.165) is 41.6 Å². The molecule has 1 fully saturated rings. The highest BCUT2D eigenvalue weighted by atomic mass is 32.1. The third-order valence-electron chi connectivity index (χ3n) is 5.42. The summed E-state index contributed by atoms with van der Waals surface area (Å²) < 4.78 is 2.33. The molecule has 0 unspecified atom stereocenters. The maximum absolute atomic E-state index is 4.87. The van der Waals surface area contributed by atoms with Crippen molar-refractivity contribution in [3.63, 3.8) is 0 Å². The molecule has 0 bridgehead atoms. The summed E-state index contributed by atoms with van der Waals surface area (Å²) in [5.41, 5.74) is 4.40. The molecule has 132 valence electrons. The van der Waals surface area contributed by atoms with E-state index in [2.05, 4.69) is 43.5 Å². The van der Waals surface area contributed by atoms with Crippen molar-refractivity contribution in [3.05, 3.63) is 45.0 Å². The van der Waals surface area contributed by atoms with E-state index in [0.29, 0.717) is 0 Å². The largest absolute Gasteiger partial charge is 0.307 e. The Hall–Kier alpha value is -1.68. The van der Waals surface area contributed by atoms with Crippen molar-refractivity contribution >= 4 is 22.5 Å². The van der Waals surface area contributed by atoms with Crippen molar-refractivity contribution in [2.75, 3.05) is 0 Å². The van der Waals surface area contributed by atoms with E-state index < -0.39 is 0 Å². The monoisotopic (exact) mass is 353 g/mol. The first-order valence-electron chi connectivity index (χ1n) is 9.57. The summed E-state index contributed by atoms with van der Waals surface area (Å²) in [6.07, 6.45) is 7.89. The Bertz CT molecular complexity index is 884. The number of thiophene rings is 1. The number of fused-ring (bicyclic) bond motifs is 1. The van der Waals surface area contributed by atoms with E-state index in [9.17, 15) is 0 Å². The van der Waals surface area contributed by atoms with Crippen LogP contribution < -0.4 is 0 Å². The fraction of sp³-hybridized carbons (Fsp3) is 0.524. The second-order valence-corrected chi connectivity index (χ2v) is 8.56. The van der Waals surface area contributed by atoms with Crippen LogP contribution in [0.3, 0.4) is 0 Å². The smallest absolute Gasteiger partial charge is 0.160 e. The van der Waals surface area contributed by atoms with Gasteiger partial charge in [0.2, 0.25) is 0 Å². The number of hydrogen-bond acceptors (Lipinski definition) is 3. The lowest BCUT2D eigenvalue weighted by atomic mass is 9.88. The molecular formula is C21H27N3S. The van der Waals surface area contributed by atoms with Gasteiger partial charge in [0, 0.05) is 21.9 Å². The van der Waals surface area contributed by atoms with Crippen LogP contribution in [-0.4, -0.2) is 14.5 Å². The molecule has 3 aromatic heterocycles. The minimum atomic E-state index is 0.792. The highest BCUT2D eigenvalue weighted by Crippen LogP contribution is 2.36. The fourth-order valence-corrected chi connectivity index (χ4v) is 5.30. The molecular weight excluding hydrogens is 326 g/mol. The van der Waals surface area contributed by atoms with Crippen LogP contribution in [-0.2, 0) is 13.0 Å². The predicted molar refractivity (Wildman–Crippen MR) is 106 cm³/mol. The number of aryl methyl sites for hydroxylation is 3. The molecule has 4 heteroatoms. The fourth-order valence-electron chi connectivity index (χ4n) is 4.13. The van der Waals surface area contributed by atoms with Gasteiger partial charge in [-0.05, 0) is 56.4 Å². The minimum absolute atomic E-state index is 0.792. The number of pyridine rings is 1. The van der Waals surface area contributed by atoms with Gasteiger partial charge in [0.25, 0.3) is 0 Å². The summed E-state index contributed by atoms with van der Waals surface area (Å²) in [5, 5.41) is 0. The number of imidazole rings is 1. The van der Waals surface area contributed by atoms with Gasteiger partial charge >= 0.3 is 0 Å². The van der Waals surface area contributed by atoms with Gasteiger partial charge in [-0.25, -0.2) is 9.97 Å². The molecule has 0 aromatic carbocycles. The molecule has 0 aliphatic heterocycles. The Balaban J connectivity index is 1.67.